The lowest BCUT2D eigenvalue weighted by molar-refractivity contribution is 0.102. The van der Waals surface area contributed by atoms with Crippen molar-refractivity contribution in [2.75, 3.05) is 17.2 Å². The molecule has 3 nitrogen and oxygen atoms in total. The Morgan fingerprint density at radius 1 is 1.14 bits per heavy atom. The molecule has 2 N–H and O–H groups in total. The van der Waals surface area contributed by atoms with Crippen molar-refractivity contribution < 1.29 is 13.6 Å². The van der Waals surface area contributed by atoms with Gasteiger partial charge in [-0.25, -0.2) is 8.78 Å². The van der Waals surface area contributed by atoms with Gasteiger partial charge in [0.2, 0.25) is 0 Å². The van der Waals surface area contributed by atoms with Gasteiger partial charge in [-0.05, 0) is 42.7 Å². The molecule has 0 saturated carbocycles. The first kappa shape index (κ1) is 13.5. The van der Waals surface area contributed by atoms with Gasteiger partial charge in [0, 0.05) is 12.1 Å². The van der Waals surface area contributed by atoms with Crippen LogP contribution in [0.4, 0.5) is 20.2 Å². The average Bonchev–Trinajstić information content (AvgIpc) is 2.50. The van der Waals surface area contributed by atoms with Crippen molar-refractivity contribution in [3.05, 3.63) is 59.2 Å². The third-order valence-electron chi connectivity index (χ3n) is 3.51. The molecular formula is C16H14F2N2O. The van der Waals surface area contributed by atoms with E-state index in [1.54, 1.807) is 6.07 Å². The lowest BCUT2D eigenvalue weighted by Crippen LogP contribution is -2.17. The maximum absolute atomic E-state index is 13.2. The molecule has 1 aliphatic heterocycles. The van der Waals surface area contributed by atoms with Gasteiger partial charge in [-0.15, -0.1) is 0 Å². The molecule has 21 heavy (non-hydrogen) atoms. The minimum atomic E-state index is -1.03. The molecule has 0 fully saturated rings. The molecule has 1 amide bonds. The van der Waals surface area contributed by atoms with E-state index in [4.69, 9.17) is 0 Å². The number of carbonyl (C=O) groups is 1. The molecule has 0 aromatic heterocycles. The first-order valence-corrected chi connectivity index (χ1v) is 6.77. The molecule has 0 bridgehead atoms. The topological polar surface area (TPSA) is 41.1 Å². The summed E-state index contributed by atoms with van der Waals surface area (Å²) in [6, 6.07) is 8.77. The summed E-state index contributed by atoms with van der Waals surface area (Å²) in [5.74, 6) is -2.46. The number of hydrogen-bond donors (Lipinski definition) is 2. The maximum atomic E-state index is 13.2. The Balaban J connectivity index is 1.86. The van der Waals surface area contributed by atoms with Gasteiger partial charge in [0.15, 0.2) is 11.6 Å². The minimum Gasteiger partial charge on any atom is -0.383 e. The first-order valence-electron chi connectivity index (χ1n) is 6.77. The fraction of sp³-hybridized carbons (Fsp3) is 0.188. The van der Waals surface area contributed by atoms with E-state index in [1.165, 1.54) is 6.07 Å². The fourth-order valence-corrected chi connectivity index (χ4v) is 2.45. The second-order valence-electron chi connectivity index (χ2n) is 4.95. The quantitative estimate of drug-likeness (QED) is 0.887. The number of carbonyl (C=O) groups excluding carboxylic acids is 1. The fourth-order valence-electron chi connectivity index (χ4n) is 2.45. The number of hydrogen-bond acceptors (Lipinski definition) is 2. The van der Waals surface area contributed by atoms with Crippen molar-refractivity contribution in [3.63, 3.8) is 0 Å². The lowest BCUT2D eigenvalue weighted by Gasteiger charge is -2.21. The predicted molar refractivity (Wildman–Crippen MR) is 77.6 cm³/mol. The van der Waals surface area contributed by atoms with E-state index < -0.39 is 17.5 Å². The van der Waals surface area contributed by atoms with Crippen LogP contribution in [0.25, 0.3) is 0 Å². The van der Waals surface area contributed by atoms with E-state index in [0.717, 1.165) is 42.8 Å². The Kier molecular flexibility index (Phi) is 3.56. The molecule has 3 rings (SSSR count). The van der Waals surface area contributed by atoms with Crippen molar-refractivity contribution in [1.29, 1.82) is 0 Å². The van der Waals surface area contributed by atoms with Crippen LogP contribution in [0.2, 0.25) is 0 Å². The number of rotatable bonds is 2. The Bertz CT molecular complexity index is 701. The van der Waals surface area contributed by atoms with E-state index in [2.05, 4.69) is 10.6 Å². The molecule has 0 aliphatic carbocycles. The molecule has 0 spiro atoms. The van der Waals surface area contributed by atoms with Gasteiger partial charge in [-0.1, -0.05) is 12.1 Å². The molecule has 0 atom stereocenters. The van der Waals surface area contributed by atoms with Gasteiger partial charge < -0.3 is 10.6 Å². The second kappa shape index (κ2) is 5.52. The van der Waals surface area contributed by atoms with E-state index >= 15 is 0 Å². The number of amides is 1. The summed E-state index contributed by atoms with van der Waals surface area (Å²) >= 11 is 0. The summed E-state index contributed by atoms with van der Waals surface area (Å²) in [6.45, 7) is 0.852. The van der Waals surface area contributed by atoms with Gasteiger partial charge in [0.05, 0.1) is 11.4 Å². The molecule has 5 heteroatoms. The number of anilines is 2. The monoisotopic (exact) mass is 288 g/mol. The third-order valence-corrected chi connectivity index (χ3v) is 3.51. The normalized spacial score (nSPS) is 13.2. The van der Waals surface area contributed by atoms with Gasteiger partial charge in [0.1, 0.15) is 0 Å². The van der Waals surface area contributed by atoms with Crippen molar-refractivity contribution in [2.45, 2.75) is 12.8 Å². The highest BCUT2D eigenvalue weighted by molar-refractivity contribution is 6.06. The zero-order chi connectivity index (χ0) is 14.8. The SMILES string of the molecule is O=C(Nc1cccc2c1NCCC2)c1ccc(F)c(F)c1. The third kappa shape index (κ3) is 2.72. The van der Waals surface area contributed by atoms with Crippen LogP contribution in [-0.2, 0) is 6.42 Å². The summed E-state index contributed by atoms with van der Waals surface area (Å²) in [4.78, 5) is 12.1. The van der Waals surface area contributed by atoms with E-state index in [9.17, 15) is 13.6 Å². The van der Waals surface area contributed by atoms with Crippen LogP contribution in [0.3, 0.4) is 0 Å². The largest absolute Gasteiger partial charge is 0.383 e. The summed E-state index contributed by atoms with van der Waals surface area (Å²) in [6.07, 6.45) is 2.00. The molecule has 108 valence electrons. The van der Waals surface area contributed by atoms with Crippen molar-refractivity contribution in [1.82, 2.24) is 0 Å². The molecular weight excluding hydrogens is 274 g/mol. The number of aryl methyl sites for hydroxylation is 1. The van der Waals surface area contributed by atoms with E-state index in [0.29, 0.717) is 5.69 Å². The van der Waals surface area contributed by atoms with Crippen molar-refractivity contribution in [2.24, 2.45) is 0 Å². The van der Waals surface area contributed by atoms with Crippen LogP contribution in [0, 0.1) is 11.6 Å². The first-order chi connectivity index (χ1) is 10.1. The highest BCUT2D eigenvalue weighted by atomic mass is 19.2. The highest BCUT2D eigenvalue weighted by Crippen LogP contribution is 2.30. The summed E-state index contributed by atoms with van der Waals surface area (Å²) in [5, 5.41) is 6.00. The zero-order valence-electron chi connectivity index (χ0n) is 11.2. The molecule has 1 heterocycles. The predicted octanol–water partition coefficient (Wildman–Crippen LogP) is 3.58. The number of para-hydroxylation sites is 1. The van der Waals surface area contributed by atoms with Crippen LogP contribution < -0.4 is 10.6 Å². The molecule has 0 unspecified atom stereocenters. The number of nitrogens with one attached hydrogen (secondary N) is 2. The number of halogens is 2. The van der Waals surface area contributed by atoms with Crippen LogP contribution in [0.1, 0.15) is 22.3 Å². The van der Waals surface area contributed by atoms with E-state index in [1.807, 2.05) is 12.1 Å². The lowest BCUT2D eigenvalue weighted by atomic mass is 10.0. The Morgan fingerprint density at radius 3 is 2.81 bits per heavy atom. The molecule has 1 aliphatic rings. The van der Waals surface area contributed by atoms with Crippen LogP contribution in [0.5, 0.6) is 0 Å². The van der Waals surface area contributed by atoms with E-state index in [-0.39, 0.29) is 5.56 Å². The van der Waals surface area contributed by atoms with Crippen molar-refractivity contribution in [3.8, 4) is 0 Å². The molecule has 2 aromatic carbocycles. The van der Waals surface area contributed by atoms with Gasteiger partial charge in [-0.3, -0.25) is 4.79 Å². The Morgan fingerprint density at radius 2 is 2.00 bits per heavy atom. The number of benzene rings is 2. The van der Waals surface area contributed by atoms with Gasteiger partial charge in [0.25, 0.3) is 5.91 Å². The summed E-state index contributed by atoms with van der Waals surface area (Å²) < 4.78 is 26.1. The van der Waals surface area contributed by atoms with Crippen molar-refractivity contribution >= 4 is 17.3 Å². The standard InChI is InChI=1S/C16H14F2N2O/c17-12-7-6-11(9-13(12)18)16(21)20-14-5-1-3-10-4-2-8-19-15(10)14/h1,3,5-7,9,19H,2,4,8H2,(H,20,21). The molecule has 0 radical (unpaired) electrons. The molecule has 0 saturated heterocycles. The zero-order valence-corrected chi connectivity index (χ0v) is 11.2. The summed E-state index contributed by atoms with van der Waals surface area (Å²) in [7, 11) is 0. The Labute approximate surface area is 121 Å². The molecule has 2 aromatic rings. The van der Waals surface area contributed by atoms with Crippen LogP contribution >= 0.6 is 0 Å². The second-order valence-corrected chi connectivity index (χ2v) is 4.95. The van der Waals surface area contributed by atoms with Crippen LogP contribution in [-0.4, -0.2) is 12.5 Å². The summed E-state index contributed by atoms with van der Waals surface area (Å²) in [5.41, 5.74) is 2.79. The smallest absolute Gasteiger partial charge is 0.255 e. The average molecular weight is 288 g/mol. The van der Waals surface area contributed by atoms with Gasteiger partial charge in [-0.2, -0.15) is 0 Å². The van der Waals surface area contributed by atoms with Gasteiger partial charge >= 0.3 is 0 Å². The Hall–Kier alpha value is -2.43. The minimum absolute atomic E-state index is 0.0855. The highest BCUT2D eigenvalue weighted by Gasteiger charge is 2.15. The number of fused-ring (bicyclic) bond motifs is 1. The van der Waals surface area contributed by atoms with Crippen LogP contribution in [0.15, 0.2) is 36.4 Å². The maximum Gasteiger partial charge on any atom is 0.255 e.